The van der Waals surface area contributed by atoms with E-state index in [4.69, 9.17) is 4.74 Å². The molecule has 0 aliphatic carbocycles. The van der Waals surface area contributed by atoms with Crippen LogP contribution in [-0.2, 0) is 9.53 Å². The summed E-state index contributed by atoms with van der Waals surface area (Å²) in [5.41, 5.74) is 0. The van der Waals surface area contributed by atoms with E-state index in [0.717, 1.165) is 0 Å². The van der Waals surface area contributed by atoms with Gasteiger partial charge in [-0.15, -0.1) is 0 Å². The zero-order valence-electron chi connectivity index (χ0n) is 7.68. The number of carbonyl (C=O) groups excluding carboxylic acids is 1. The molecule has 0 bridgehead atoms. The second-order valence-corrected chi connectivity index (χ2v) is 3.03. The lowest BCUT2D eigenvalue weighted by Crippen LogP contribution is -2.36. The van der Waals surface area contributed by atoms with Crippen LogP contribution in [0.2, 0.25) is 0 Å². The van der Waals surface area contributed by atoms with Gasteiger partial charge in [-0.2, -0.15) is 0 Å². The third kappa shape index (κ3) is 7.33. The van der Waals surface area contributed by atoms with Crippen molar-refractivity contribution in [1.29, 1.82) is 0 Å². The van der Waals surface area contributed by atoms with Gasteiger partial charge in [-0.05, 0) is 6.92 Å². The van der Waals surface area contributed by atoms with Crippen molar-refractivity contribution in [2.24, 2.45) is 0 Å². The van der Waals surface area contributed by atoms with Gasteiger partial charge >= 0.3 is 5.97 Å². The van der Waals surface area contributed by atoms with Crippen molar-refractivity contribution in [3.05, 3.63) is 0 Å². The van der Waals surface area contributed by atoms with E-state index in [2.05, 4.69) is 19.2 Å². The fraction of sp³-hybridized carbons (Fsp3) is 0.875. The molecule has 0 rings (SSSR count). The van der Waals surface area contributed by atoms with Crippen LogP contribution >= 0.6 is 0 Å². The summed E-state index contributed by atoms with van der Waals surface area (Å²) in [7, 11) is 0. The molecule has 0 aliphatic heterocycles. The molecule has 66 valence electrons. The monoisotopic (exact) mass is 159 g/mol. The Morgan fingerprint density at radius 1 is 1.45 bits per heavy atom. The van der Waals surface area contributed by atoms with E-state index >= 15 is 0 Å². The first kappa shape index (κ1) is 10.4. The van der Waals surface area contributed by atoms with Crippen LogP contribution in [0.1, 0.15) is 27.7 Å². The number of rotatable bonds is 4. The summed E-state index contributed by atoms with van der Waals surface area (Å²) >= 11 is 0. The molecule has 0 saturated heterocycles. The highest BCUT2D eigenvalue weighted by atomic mass is 16.5. The van der Waals surface area contributed by atoms with E-state index in [1.54, 1.807) is 0 Å². The van der Waals surface area contributed by atoms with Gasteiger partial charge in [0.2, 0.25) is 0 Å². The molecule has 0 aromatic carbocycles. The highest BCUT2D eigenvalue weighted by Crippen LogP contribution is 1.87. The van der Waals surface area contributed by atoms with Crippen LogP contribution in [0, 0.1) is 0 Å². The number of nitrogens with one attached hydrogen (secondary N) is 1. The van der Waals surface area contributed by atoms with Crippen LogP contribution in [0.25, 0.3) is 0 Å². The molecule has 0 fully saturated rings. The van der Waals surface area contributed by atoms with Crippen molar-refractivity contribution < 1.29 is 9.53 Å². The summed E-state index contributed by atoms with van der Waals surface area (Å²) < 4.78 is 4.80. The third-order valence-corrected chi connectivity index (χ3v) is 1.15. The minimum Gasteiger partial charge on any atom is -0.464 e. The van der Waals surface area contributed by atoms with Gasteiger partial charge in [0.25, 0.3) is 0 Å². The molecule has 0 spiro atoms. The third-order valence-electron chi connectivity index (χ3n) is 1.15. The highest BCUT2D eigenvalue weighted by Gasteiger charge is 2.04. The molecule has 0 aromatic heterocycles. The van der Waals surface area contributed by atoms with Crippen molar-refractivity contribution in [1.82, 2.24) is 5.32 Å². The summed E-state index contributed by atoms with van der Waals surface area (Å²) in [6.07, 6.45) is 0. The fourth-order valence-electron chi connectivity index (χ4n) is 0.860. The van der Waals surface area contributed by atoms with Crippen LogP contribution in [0.15, 0.2) is 0 Å². The first-order chi connectivity index (χ1) is 5.02. The van der Waals surface area contributed by atoms with Crippen molar-refractivity contribution >= 4 is 5.97 Å². The summed E-state index contributed by atoms with van der Waals surface area (Å²) in [5, 5.41) is 3.22. The fourth-order valence-corrected chi connectivity index (χ4v) is 0.860. The quantitative estimate of drug-likeness (QED) is 0.620. The zero-order valence-corrected chi connectivity index (χ0v) is 7.68. The number of hydrogen-bond donors (Lipinski definition) is 1. The van der Waals surface area contributed by atoms with Gasteiger partial charge in [-0.1, -0.05) is 13.8 Å². The van der Waals surface area contributed by atoms with Crippen LogP contribution in [0.5, 0.6) is 0 Å². The summed E-state index contributed by atoms with van der Waals surface area (Å²) in [6, 6.07) is 0.666. The maximum atomic E-state index is 10.4. The molecule has 0 heterocycles. The van der Waals surface area contributed by atoms with Crippen molar-refractivity contribution in [3.63, 3.8) is 0 Å². The molecule has 11 heavy (non-hydrogen) atoms. The average molecular weight is 159 g/mol. The predicted molar refractivity (Wildman–Crippen MR) is 44.4 cm³/mol. The Morgan fingerprint density at radius 3 is 2.36 bits per heavy atom. The molecule has 1 unspecified atom stereocenters. The minimum atomic E-state index is -0.220. The number of esters is 1. The SMILES string of the molecule is CC(=O)OCC(C)NC(C)C. The van der Waals surface area contributed by atoms with E-state index in [9.17, 15) is 4.79 Å². The Morgan fingerprint density at radius 2 is 2.00 bits per heavy atom. The van der Waals surface area contributed by atoms with Gasteiger partial charge in [0.1, 0.15) is 6.61 Å². The van der Waals surface area contributed by atoms with Gasteiger partial charge in [-0.3, -0.25) is 4.79 Å². The largest absolute Gasteiger partial charge is 0.464 e. The van der Waals surface area contributed by atoms with E-state index in [-0.39, 0.29) is 12.0 Å². The molecule has 0 aromatic rings. The second kappa shape index (κ2) is 5.13. The first-order valence-electron chi connectivity index (χ1n) is 3.91. The minimum absolute atomic E-state index is 0.220. The topological polar surface area (TPSA) is 38.3 Å². The Kier molecular flexibility index (Phi) is 4.86. The normalized spacial score (nSPS) is 13.2. The van der Waals surface area contributed by atoms with Crippen molar-refractivity contribution in [2.45, 2.75) is 39.8 Å². The maximum absolute atomic E-state index is 10.4. The molecule has 3 nitrogen and oxygen atoms in total. The number of hydrogen-bond acceptors (Lipinski definition) is 3. The van der Waals surface area contributed by atoms with E-state index in [1.165, 1.54) is 6.92 Å². The van der Waals surface area contributed by atoms with E-state index in [1.807, 2.05) is 6.92 Å². The lowest BCUT2D eigenvalue weighted by Gasteiger charge is -2.15. The van der Waals surface area contributed by atoms with Gasteiger partial charge < -0.3 is 10.1 Å². The van der Waals surface area contributed by atoms with E-state index < -0.39 is 0 Å². The molecular formula is C8H17NO2. The average Bonchev–Trinajstić information content (AvgIpc) is 1.82. The van der Waals surface area contributed by atoms with Gasteiger partial charge in [0.05, 0.1) is 0 Å². The Labute approximate surface area is 68.1 Å². The van der Waals surface area contributed by atoms with Crippen molar-refractivity contribution in [2.75, 3.05) is 6.61 Å². The summed E-state index contributed by atoms with van der Waals surface area (Å²) in [5.74, 6) is -0.220. The molecule has 1 N–H and O–H groups in total. The zero-order chi connectivity index (χ0) is 8.85. The van der Waals surface area contributed by atoms with Crippen LogP contribution in [0.4, 0.5) is 0 Å². The van der Waals surface area contributed by atoms with E-state index in [0.29, 0.717) is 12.6 Å². The second-order valence-electron chi connectivity index (χ2n) is 3.03. The van der Waals surface area contributed by atoms with Crippen LogP contribution in [0.3, 0.4) is 0 Å². The van der Waals surface area contributed by atoms with Crippen LogP contribution < -0.4 is 5.32 Å². The molecule has 0 aliphatic rings. The van der Waals surface area contributed by atoms with Crippen LogP contribution in [-0.4, -0.2) is 24.7 Å². The first-order valence-corrected chi connectivity index (χ1v) is 3.91. The van der Waals surface area contributed by atoms with Crippen molar-refractivity contribution in [3.8, 4) is 0 Å². The molecular weight excluding hydrogens is 142 g/mol. The molecule has 3 heteroatoms. The molecule has 0 saturated carbocycles. The molecule has 1 atom stereocenters. The summed E-state index contributed by atoms with van der Waals surface area (Å²) in [4.78, 5) is 10.4. The molecule has 0 radical (unpaired) electrons. The number of ether oxygens (including phenoxy) is 1. The Balaban J connectivity index is 3.37. The Hall–Kier alpha value is -0.570. The predicted octanol–water partition coefficient (Wildman–Crippen LogP) is 0.936. The maximum Gasteiger partial charge on any atom is 0.302 e. The lowest BCUT2D eigenvalue weighted by atomic mass is 10.3. The smallest absolute Gasteiger partial charge is 0.302 e. The highest BCUT2D eigenvalue weighted by molar-refractivity contribution is 5.65. The standard InChI is InChI=1S/C8H17NO2/c1-6(2)9-7(3)5-11-8(4)10/h6-7,9H,5H2,1-4H3. The van der Waals surface area contributed by atoms with Gasteiger partial charge in [0.15, 0.2) is 0 Å². The number of carbonyl (C=O) groups is 1. The molecule has 0 amide bonds. The van der Waals surface area contributed by atoms with Gasteiger partial charge in [0, 0.05) is 19.0 Å². The lowest BCUT2D eigenvalue weighted by molar-refractivity contribution is -0.141. The Bertz CT molecular complexity index is 123. The summed E-state index contributed by atoms with van der Waals surface area (Å²) in [6.45, 7) is 7.98. The van der Waals surface area contributed by atoms with Gasteiger partial charge in [-0.25, -0.2) is 0 Å².